The van der Waals surface area contributed by atoms with Crippen LogP contribution >= 0.6 is 0 Å². The highest BCUT2D eigenvalue weighted by molar-refractivity contribution is 5.18. The van der Waals surface area contributed by atoms with E-state index < -0.39 is 0 Å². The molecular weight excluding hydrogens is 376 g/mol. The number of fused-ring (bicyclic) bond motifs is 7. The van der Waals surface area contributed by atoms with Gasteiger partial charge >= 0.3 is 0 Å². The lowest BCUT2D eigenvalue weighted by molar-refractivity contribution is -0.251. The van der Waals surface area contributed by atoms with E-state index in [1.165, 1.54) is 57.8 Å². The van der Waals surface area contributed by atoms with Crippen molar-refractivity contribution in [1.82, 2.24) is 0 Å². The Kier molecular flexibility index (Phi) is 4.80. The molecule has 1 heteroatoms. The van der Waals surface area contributed by atoms with Gasteiger partial charge < -0.3 is 5.11 Å². The van der Waals surface area contributed by atoms with E-state index in [0.29, 0.717) is 27.1 Å². The number of aliphatic hydroxyl groups is 1. The molecular formula is C30H52O. The average Bonchev–Trinajstić information content (AvgIpc) is 2.62. The molecule has 1 N–H and O–H groups in total. The quantitative estimate of drug-likeness (QED) is 0.412. The number of hydrogen-bond donors (Lipinski definition) is 1. The summed E-state index contributed by atoms with van der Waals surface area (Å²) in [7, 11) is 0. The maximum atomic E-state index is 11.0. The molecule has 5 fully saturated rings. The first kappa shape index (κ1) is 22.7. The van der Waals surface area contributed by atoms with Crippen LogP contribution in [0.5, 0.6) is 0 Å². The first-order valence-corrected chi connectivity index (χ1v) is 13.9. The van der Waals surface area contributed by atoms with Crippen molar-refractivity contribution in [1.29, 1.82) is 0 Å². The summed E-state index contributed by atoms with van der Waals surface area (Å²) >= 11 is 0. The third kappa shape index (κ3) is 2.96. The highest BCUT2D eigenvalue weighted by Crippen LogP contribution is 2.76. The average molecular weight is 429 g/mol. The van der Waals surface area contributed by atoms with Crippen LogP contribution in [0.4, 0.5) is 0 Å². The van der Waals surface area contributed by atoms with Crippen LogP contribution < -0.4 is 0 Å². The molecule has 0 aromatic heterocycles. The molecule has 0 aromatic carbocycles. The molecule has 0 bridgehead atoms. The lowest BCUT2D eigenvalue weighted by atomic mass is 9.31. The Labute approximate surface area is 193 Å². The maximum Gasteiger partial charge on any atom is 0.0550 e. The fourth-order valence-electron chi connectivity index (χ4n) is 11.6. The summed E-state index contributed by atoms with van der Waals surface area (Å²) in [6.45, 7) is 20.8. The van der Waals surface area contributed by atoms with Gasteiger partial charge in [0.1, 0.15) is 0 Å². The van der Waals surface area contributed by atoms with E-state index in [9.17, 15) is 5.11 Å². The van der Waals surface area contributed by atoms with Crippen molar-refractivity contribution >= 4 is 0 Å². The first-order chi connectivity index (χ1) is 14.2. The summed E-state index contributed by atoms with van der Waals surface area (Å²) in [6, 6.07) is 0. The molecule has 9 atom stereocenters. The normalized spacial score (nSPS) is 57.8. The highest BCUT2D eigenvalue weighted by atomic mass is 16.3. The summed E-state index contributed by atoms with van der Waals surface area (Å²) in [5.74, 6) is 3.40. The van der Waals surface area contributed by atoms with Crippen molar-refractivity contribution < 1.29 is 5.11 Å². The molecule has 0 saturated heterocycles. The summed E-state index contributed by atoms with van der Waals surface area (Å²) in [4.78, 5) is 0. The number of rotatable bonds is 0. The van der Waals surface area contributed by atoms with Gasteiger partial charge in [-0.3, -0.25) is 0 Å². The summed E-state index contributed by atoms with van der Waals surface area (Å²) in [5, 5.41) is 11.0. The van der Waals surface area contributed by atoms with Gasteiger partial charge in [-0.15, -0.1) is 0 Å². The van der Waals surface area contributed by atoms with Crippen LogP contribution in [0.25, 0.3) is 0 Å². The molecule has 178 valence electrons. The monoisotopic (exact) mass is 428 g/mol. The van der Waals surface area contributed by atoms with Gasteiger partial charge in [-0.05, 0) is 127 Å². The molecule has 5 aliphatic carbocycles. The van der Waals surface area contributed by atoms with E-state index in [2.05, 4.69) is 55.4 Å². The smallest absolute Gasteiger partial charge is 0.0550 e. The van der Waals surface area contributed by atoms with Crippen molar-refractivity contribution in [3.8, 4) is 0 Å². The molecule has 0 radical (unpaired) electrons. The van der Waals surface area contributed by atoms with E-state index >= 15 is 0 Å². The van der Waals surface area contributed by atoms with Crippen LogP contribution in [0.1, 0.15) is 126 Å². The first-order valence-electron chi connectivity index (χ1n) is 13.9. The van der Waals surface area contributed by atoms with E-state index in [1.54, 1.807) is 0 Å². The Bertz CT molecular complexity index is 737. The van der Waals surface area contributed by atoms with Crippen LogP contribution in [0.3, 0.4) is 0 Å². The maximum absolute atomic E-state index is 11.0. The van der Waals surface area contributed by atoms with Gasteiger partial charge in [0.2, 0.25) is 0 Å². The van der Waals surface area contributed by atoms with Crippen molar-refractivity contribution in [3.05, 3.63) is 0 Å². The second kappa shape index (κ2) is 6.55. The Morgan fingerprint density at radius 1 is 0.581 bits per heavy atom. The Morgan fingerprint density at radius 3 is 1.97 bits per heavy atom. The fraction of sp³-hybridized carbons (Fsp3) is 1.00. The predicted molar refractivity (Wildman–Crippen MR) is 131 cm³/mol. The van der Waals surface area contributed by atoms with Gasteiger partial charge in [0.15, 0.2) is 0 Å². The zero-order valence-corrected chi connectivity index (χ0v) is 22.1. The van der Waals surface area contributed by atoms with Crippen LogP contribution in [-0.2, 0) is 0 Å². The highest BCUT2D eigenvalue weighted by Gasteiger charge is 2.69. The zero-order valence-electron chi connectivity index (χ0n) is 22.1. The summed E-state index contributed by atoms with van der Waals surface area (Å²) in [6.07, 6.45) is 14.9. The summed E-state index contributed by atoms with van der Waals surface area (Å²) in [5.41, 5.74) is 2.64. The van der Waals surface area contributed by atoms with Gasteiger partial charge in [-0.1, -0.05) is 55.4 Å². The topological polar surface area (TPSA) is 20.2 Å². The second-order valence-electron chi connectivity index (χ2n) is 15.8. The largest absolute Gasteiger partial charge is 0.393 e. The van der Waals surface area contributed by atoms with Crippen molar-refractivity contribution in [3.63, 3.8) is 0 Å². The molecule has 5 aliphatic rings. The van der Waals surface area contributed by atoms with Gasteiger partial charge in [-0.25, -0.2) is 0 Å². The molecule has 5 rings (SSSR count). The third-order valence-electron chi connectivity index (χ3n) is 13.3. The zero-order chi connectivity index (χ0) is 22.7. The van der Waals surface area contributed by atoms with Crippen molar-refractivity contribution in [2.24, 2.45) is 56.2 Å². The minimum absolute atomic E-state index is 0.0991. The standard InChI is InChI=1S/C30H52O/c1-25(2)13-14-27(5)15-16-29(7)21(22(27)19-25)9-10-24-28(6)18-20(31)17-26(3,4)23(28)11-12-30(24,29)8/h20-24,31H,9-19H2,1-8H3. The van der Waals surface area contributed by atoms with Gasteiger partial charge in [0.25, 0.3) is 0 Å². The Morgan fingerprint density at radius 2 is 1.26 bits per heavy atom. The third-order valence-corrected chi connectivity index (χ3v) is 13.3. The van der Waals surface area contributed by atoms with Crippen LogP contribution in [-0.4, -0.2) is 11.2 Å². The minimum Gasteiger partial charge on any atom is -0.393 e. The van der Waals surface area contributed by atoms with Crippen LogP contribution in [0.2, 0.25) is 0 Å². The van der Waals surface area contributed by atoms with Crippen LogP contribution in [0, 0.1) is 56.2 Å². The molecule has 9 unspecified atom stereocenters. The van der Waals surface area contributed by atoms with Gasteiger partial charge in [0, 0.05) is 0 Å². The Balaban J connectivity index is 1.53. The predicted octanol–water partition coefficient (Wildman–Crippen LogP) is 8.25. The molecule has 0 heterocycles. The molecule has 5 saturated carbocycles. The lowest BCUT2D eigenvalue weighted by Gasteiger charge is -2.73. The van der Waals surface area contributed by atoms with E-state index in [0.717, 1.165) is 36.5 Å². The number of hydrogen-bond acceptors (Lipinski definition) is 1. The lowest BCUT2D eigenvalue weighted by Crippen LogP contribution is -2.66. The molecule has 0 amide bonds. The second-order valence-corrected chi connectivity index (χ2v) is 15.8. The Hall–Kier alpha value is -0.0400. The van der Waals surface area contributed by atoms with E-state index in [4.69, 9.17) is 0 Å². The minimum atomic E-state index is -0.0991. The van der Waals surface area contributed by atoms with E-state index in [-0.39, 0.29) is 11.5 Å². The van der Waals surface area contributed by atoms with Crippen LogP contribution in [0.15, 0.2) is 0 Å². The van der Waals surface area contributed by atoms with Crippen molar-refractivity contribution in [2.45, 2.75) is 132 Å². The van der Waals surface area contributed by atoms with Gasteiger partial charge in [0.05, 0.1) is 6.10 Å². The van der Waals surface area contributed by atoms with E-state index in [1.807, 2.05) is 0 Å². The van der Waals surface area contributed by atoms with Crippen molar-refractivity contribution in [2.75, 3.05) is 0 Å². The molecule has 1 nitrogen and oxygen atoms in total. The molecule has 0 aromatic rings. The molecule has 0 aliphatic heterocycles. The number of aliphatic hydroxyl groups excluding tert-OH is 1. The fourth-order valence-corrected chi connectivity index (χ4v) is 11.6. The SMILES string of the molecule is CC1(C)CCC2(C)CCC3(C)C(CCC4C5(C)CC(O)CC(C)(C)C5CCC43C)C2C1. The molecule has 31 heavy (non-hydrogen) atoms. The molecule has 0 spiro atoms. The van der Waals surface area contributed by atoms with Gasteiger partial charge in [-0.2, -0.15) is 0 Å². The summed E-state index contributed by atoms with van der Waals surface area (Å²) < 4.78 is 0.